The van der Waals surface area contributed by atoms with Crippen LogP contribution in [-0.2, 0) is 6.54 Å². The van der Waals surface area contributed by atoms with Crippen LogP contribution in [0.3, 0.4) is 0 Å². The molecule has 0 spiro atoms. The summed E-state index contributed by atoms with van der Waals surface area (Å²) in [7, 11) is 0. The van der Waals surface area contributed by atoms with Crippen molar-refractivity contribution < 1.29 is 9.53 Å². The molecule has 0 aliphatic carbocycles. The van der Waals surface area contributed by atoms with Gasteiger partial charge in [0.1, 0.15) is 12.3 Å². The van der Waals surface area contributed by atoms with Crippen LogP contribution in [-0.4, -0.2) is 47.0 Å². The molecule has 1 aliphatic heterocycles. The number of likely N-dealkylation sites (tertiary alicyclic amines) is 1. The highest BCUT2D eigenvalue weighted by atomic mass is 16.5. The van der Waals surface area contributed by atoms with E-state index >= 15 is 0 Å². The zero-order valence-corrected chi connectivity index (χ0v) is 14.3. The van der Waals surface area contributed by atoms with Gasteiger partial charge in [-0.2, -0.15) is 0 Å². The number of hydrogen-bond donors (Lipinski definition) is 2. The van der Waals surface area contributed by atoms with Crippen LogP contribution in [0.4, 0.5) is 0 Å². The largest absolute Gasteiger partial charge is 0.473 e. The van der Waals surface area contributed by atoms with Crippen LogP contribution in [0, 0.1) is 0 Å². The summed E-state index contributed by atoms with van der Waals surface area (Å²) < 4.78 is 5.66. The monoisotopic (exact) mass is 340 g/mol. The first-order valence-electron chi connectivity index (χ1n) is 8.68. The number of amides is 1. The van der Waals surface area contributed by atoms with Gasteiger partial charge in [0, 0.05) is 31.5 Å². The molecule has 0 aromatic carbocycles. The average molecular weight is 340 g/mol. The van der Waals surface area contributed by atoms with Gasteiger partial charge in [-0.3, -0.25) is 9.69 Å². The fourth-order valence-corrected chi connectivity index (χ4v) is 2.83. The number of aromatic nitrogens is 2. The Balaban J connectivity index is 1.37. The number of pyridine rings is 1. The van der Waals surface area contributed by atoms with E-state index in [0.717, 1.165) is 6.54 Å². The molecule has 6 heteroatoms. The molecular weight excluding hydrogens is 316 g/mol. The predicted molar refractivity (Wildman–Crippen MR) is 96.5 cm³/mol. The Bertz CT molecular complexity index is 691. The minimum Gasteiger partial charge on any atom is -0.473 e. The fraction of sp³-hybridized carbons (Fsp3) is 0.368. The number of ether oxygens (including phenoxy) is 1. The zero-order chi connectivity index (χ0) is 17.3. The van der Waals surface area contributed by atoms with Crippen molar-refractivity contribution in [1.29, 1.82) is 0 Å². The highest BCUT2D eigenvalue weighted by molar-refractivity contribution is 5.92. The van der Waals surface area contributed by atoms with Crippen LogP contribution in [0.25, 0.3) is 0 Å². The number of hydrogen-bond acceptors (Lipinski definition) is 4. The summed E-state index contributed by atoms with van der Waals surface area (Å²) >= 11 is 0. The Kier molecular flexibility index (Phi) is 6.23. The molecular formula is C19H24N4O2. The third kappa shape index (κ3) is 5.46. The van der Waals surface area contributed by atoms with Gasteiger partial charge in [0.2, 0.25) is 5.88 Å². The third-order valence-corrected chi connectivity index (χ3v) is 4.12. The van der Waals surface area contributed by atoms with Crippen LogP contribution >= 0.6 is 0 Å². The first-order chi connectivity index (χ1) is 12.3. The van der Waals surface area contributed by atoms with E-state index in [0.29, 0.717) is 24.7 Å². The van der Waals surface area contributed by atoms with Crippen molar-refractivity contribution in [1.82, 2.24) is 20.2 Å². The molecule has 1 fully saturated rings. The van der Waals surface area contributed by atoms with E-state index in [4.69, 9.17) is 4.74 Å². The second-order valence-electron chi connectivity index (χ2n) is 6.06. The second kappa shape index (κ2) is 9.03. The summed E-state index contributed by atoms with van der Waals surface area (Å²) in [5, 5.41) is 2.80. The molecule has 6 nitrogen and oxygen atoms in total. The van der Waals surface area contributed by atoms with Crippen LogP contribution in [0.5, 0.6) is 5.88 Å². The zero-order valence-electron chi connectivity index (χ0n) is 14.3. The van der Waals surface area contributed by atoms with Gasteiger partial charge in [-0.25, -0.2) is 4.98 Å². The van der Waals surface area contributed by atoms with Crippen LogP contribution in [0.1, 0.15) is 28.9 Å². The number of carbonyl (C=O) groups is 1. The van der Waals surface area contributed by atoms with Crippen LogP contribution in [0.2, 0.25) is 0 Å². The lowest BCUT2D eigenvalue weighted by Gasteiger charge is -2.14. The van der Waals surface area contributed by atoms with E-state index < -0.39 is 0 Å². The van der Waals surface area contributed by atoms with Gasteiger partial charge in [-0.05, 0) is 55.8 Å². The summed E-state index contributed by atoms with van der Waals surface area (Å²) in [5.74, 6) is 0.517. The number of H-pyrrole nitrogens is 1. The number of aromatic amines is 1. The fourth-order valence-electron chi connectivity index (χ4n) is 2.83. The van der Waals surface area contributed by atoms with Crippen molar-refractivity contribution in [2.45, 2.75) is 19.4 Å². The molecule has 1 amide bonds. The molecule has 0 bridgehead atoms. The van der Waals surface area contributed by atoms with Gasteiger partial charge in [-0.1, -0.05) is 6.08 Å². The first kappa shape index (κ1) is 17.2. The maximum Gasteiger partial charge on any atom is 0.267 e. The highest BCUT2D eigenvalue weighted by Gasteiger charge is 2.12. The minimum absolute atomic E-state index is 0.119. The Hall–Kier alpha value is -2.60. The van der Waals surface area contributed by atoms with Crippen molar-refractivity contribution >= 4 is 5.91 Å². The molecule has 1 aliphatic rings. The quantitative estimate of drug-likeness (QED) is 0.724. The molecule has 3 rings (SSSR count). The Morgan fingerprint density at radius 2 is 2.20 bits per heavy atom. The van der Waals surface area contributed by atoms with E-state index in [9.17, 15) is 4.79 Å². The van der Waals surface area contributed by atoms with Crippen molar-refractivity contribution in [3.63, 3.8) is 0 Å². The Morgan fingerprint density at radius 1 is 1.32 bits per heavy atom. The van der Waals surface area contributed by atoms with Crippen molar-refractivity contribution in [2.75, 3.05) is 26.2 Å². The molecule has 2 aromatic rings. The molecule has 2 N–H and O–H groups in total. The summed E-state index contributed by atoms with van der Waals surface area (Å²) in [4.78, 5) is 21.3. The maximum absolute atomic E-state index is 11.7. The summed E-state index contributed by atoms with van der Waals surface area (Å²) in [6, 6.07) is 7.57. The molecule has 25 heavy (non-hydrogen) atoms. The topological polar surface area (TPSA) is 70.2 Å². The lowest BCUT2D eigenvalue weighted by molar-refractivity contribution is 0.0953. The number of carbonyl (C=O) groups excluding carboxylic acids is 1. The molecule has 0 unspecified atom stereocenters. The van der Waals surface area contributed by atoms with E-state index in [1.54, 1.807) is 24.5 Å². The number of rotatable bonds is 8. The maximum atomic E-state index is 11.7. The van der Waals surface area contributed by atoms with E-state index in [-0.39, 0.29) is 5.91 Å². The van der Waals surface area contributed by atoms with E-state index in [1.807, 2.05) is 24.3 Å². The van der Waals surface area contributed by atoms with Crippen molar-refractivity contribution in [3.05, 3.63) is 60.1 Å². The Labute approximate surface area is 147 Å². The minimum atomic E-state index is -0.119. The summed E-state index contributed by atoms with van der Waals surface area (Å²) in [6.45, 7) is 4.20. The van der Waals surface area contributed by atoms with Gasteiger partial charge >= 0.3 is 0 Å². The van der Waals surface area contributed by atoms with E-state index in [2.05, 4.69) is 20.2 Å². The van der Waals surface area contributed by atoms with Gasteiger partial charge in [-0.15, -0.1) is 0 Å². The van der Waals surface area contributed by atoms with Gasteiger partial charge in [0.15, 0.2) is 0 Å². The standard InChI is InChI=1S/C19H24N4O2/c24-19(17-6-5-9-20-17)22-8-1-4-13-25-18-14-16(7-10-21-18)15-23-11-2-3-12-23/h1,4-7,9-10,14,20H,2-3,8,11-13,15H2,(H,22,24)/b4-1-. The first-order valence-corrected chi connectivity index (χ1v) is 8.68. The van der Waals surface area contributed by atoms with E-state index in [1.165, 1.54) is 31.5 Å². The Morgan fingerprint density at radius 3 is 3.00 bits per heavy atom. The number of nitrogens with zero attached hydrogens (tertiary/aromatic N) is 2. The SMILES string of the molecule is O=C(NC/C=C\COc1cc(CN2CCCC2)ccn1)c1ccc[nH]1. The van der Waals surface area contributed by atoms with Gasteiger partial charge in [0.25, 0.3) is 5.91 Å². The van der Waals surface area contributed by atoms with Crippen LogP contribution < -0.4 is 10.1 Å². The summed E-state index contributed by atoms with van der Waals surface area (Å²) in [5.41, 5.74) is 1.79. The molecule has 0 atom stereocenters. The average Bonchev–Trinajstić information content (AvgIpc) is 3.32. The van der Waals surface area contributed by atoms with Crippen molar-refractivity contribution in [2.24, 2.45) is 0 Å². The normalized spacial score (nSPS) is 14.9. The molecule has 2 aromatic heterocycles. The van der Waals surface area contributed by atoms with Gasteiger partial charge < -0.3 is 15.0 Å². The molecule has 0 saturated carbocycles. The molecule has 0 radical (unpaired) electrons. The molecule has 132 valence electrons. The predicted octanol–water partition coefficient (Wildman–Crippen LogP) is 2.37. The number of nitrogens with one attached hydrogen (secondary N) is 2. The lowest BCUT2D eigenvalue weighted by atomic mass is 10.2. The van der Waals surface area contributed by atoms with Crippen molar-refractivity contribution in [3.8, 4) is 5.88 Å². The highest BCUT2D eigenvalue weighted by Crippen LogP contribution is 2.15. The second-order valence-corrected chi connectivity index (χ2v) is 6.06. The lowest BCUT2D eigenvalue weighted by Crippen LogP contribution is -2.23. The van der Waals surface area contributed by atoms with Gasteiger partial charge in [0.05, 0.1) is 0 Å². The van der Waals surface area contributed by atoms with Crippen LogP contribution in [0.15, 0.2) is 48.8 Å². The smallest absolute Gasteiger partial charge is 0.267 e. The molecule has 3 heterocycles. The summed E-state index contributed by atoms with van der Waals surface area (Å²) in [6.07, 6.45) is 9.85. The molecule has 1 saturated heterocycles. The third-order valence-electron chi connectivity index (χ3n) is 4.12.